The molecule has 0 aromatic heterocycles. The predicted molar refractivity (Wildman–Crippen MR) is 81.4 cm³/mol. The first kappa shape index (κ1) is 20.1. The molecule has 5 nitrogen and oxygen atoms in total. The summed E-state index contributed by atoms with van der Waals surface area (Å²) in [6.07, 6.45) is -4.66. The van der Waals surface area contributed by atoms with E-state index >= 15 is 0 Å². The van der Waals surface area contributed by atoms with Gasteiger partial charge in [-0.2, -0.15) is 13.2 Å². The van der Waals surface area contributed by atoms with Crippen molar-refractivity contribution in [3.63, 3.8) is 0 Å². The van der Waals surface area contributed by atoms with Crippen LogP contribution in [0, 0.1) is 11.8 Å². The number of rotatable bonds is 4. The highest BCUT2D eigenvalue weighted by Gasteiger charge is 2.53. The number of carbonyl (C=O) groups excluding carboxylic acids is 1. The summed E-state index contributed by atoms with van der Waals surface area (Å²) in [4.78, 5) is 24.3. The van der Waals surface area contributed by atoms with Gasteiger partial charge in [0.2, 0.25) is 0 Å². The third-order valence-electron chi connectivity index (χ3n) is 3.74. The number of benzene rings is 1. The van der Waals surface area contributed by atoms with Crippen molar-refractivity contribution in [3.8, 4) is 5.75 Å². The van der Waals surface area contributed by atoms with E-state index in [0.29, 0.717) is 12.4 Å². The van der Waals surface area contributed by atoms with Crippen molar-refractivity contribution >= 4 is 24.3 Å². The number of ether oxygens (including phenoxy) is 1. The number of likely N-dealkylation sites (tertiary alicyclic amines) is 1. The van der Waals surface area contributed by atoms with E-state index in [0.717, 1.165) is 4.90 Å². The lowest BCUT2D eigenvalue weighted by atomic mass is 9.96. The lowest BCUT2D eigenvalue weighted by molar-refractivity contribution is -0.187. The molecule has 2 rings (SSSR count). The summed E-state index contributed by atoms with van der Waals surface area (Å²) in [5.74, 6) is -5.46. The highest BCUT2D eigenvalue weighted by molar-refractivity contribution is 5.95. The number of hydrogen-bond acceptors (Lipinski definition) is 3. The molecule has 1 saturated heterocycles. The number of halogens is 4. The first-order valence-electron chi connectivity index (χ1n) is 7.05. The van der Waals surface area contributed by atoms with E-state index in [1.165, 1.54) is 12.1 Å². The molecular formula is C15H17ClF3NO4. The van der Waals surface area contributed by atoms with Gasteiger partial charge in [0.05, 0.1) is 18.4 Å². The molecule has 134 valence electrons. The van der Waals surface area contributed by atoms with Gasteiger partial charge in [-0.15, -0.1) is 12.4 Å². The Balaban J connectivity index is 0.00000288. The van der Waals surface area contributed by atoms with Crippen molar-refractivity contribution < 1.29 is 32.6 Å². The minimum Gasteiger partial charge on any atom is -0.494 e. The van der Waals surface area contributed by atoms with Crippen molar-refractivity contribution in [2.45, 2.75) is 13.1 Å². The second-order valence-electron chi connectivity index (χ2n) is 5.26. The molecule has 1 N–H and O–H groups in total. The summed E-state index contributed by atoms with van der Waals surface area (Å²) in [6, 6.07) is 6.08. The van der Waals surface area contributed by atoms with E-state index in [1.54, 1.807) is 19.1 Å². The van der Waals surface area contributed by atoms with Gasteiger partial charge in [0.25, 0.3) is 5.91 Å². The van der Waals surface area contributed by atoms with Gasteiger partial charge in [-0.1, -0.05) is 6.07 Å². The molecule has 1 aromatic carbocycles. The SMILES string of the molecule is CCOc1cccc(C(=O)N2C[C@@H](C(F)(F)F)[C@H](C(=O)O)C2)c1.Cl. The molecule has 2 atom stereocenters. The van der Waals surface area contributed by atoms with E-state index in [4.69, 9.17) is 9.84 Å². The van der Waals surface area contributed by atoms with Gasteiger partial charge in [-0.3, -0.25) is 9.59 Å². The molecule has 0 radical (unpaired) electrons. The molecule has 1 aliphatic rings. The summed E-state index contributed by atoms with van der Waals surface area (Å²) in [5.41, 5.74) is 0.169. The molecule has 1 heterocycles. The fraction of sp³-hybridized carbons (Fsp3) is 0.467. The zero-order valence-electron chi connectivity index (χ0n) is 12.7. The molecule has 0 aliphatic carbocycles. The Bertz CT molecular complexity index is 609. The summed E-state index contributed by atoms with van der Waals surface area (Å²) >= 11 is 0. The normalized spacial score (nSPS) is 20.4. The Morgan fingerprint density at radius 2 is 2.00 bits per heavy atom. The summed E-state index contributed by atoms with van der Waals surface area (Å²) in [5, 5.41) is 8.97. The van der Waals surface area contributed by atoms with Crippen molar-refractivity contribution in [2.24, 2.45) is 11.8 Å². The lowest BCUT2D eigenvalue weighted by Crippen LogP contribution is -2.34. The first-order chi connectivity index (χ1) is 10.7. The number of hydrogen-bond donors (Lipinski definition) is 1. The largest absolute Gasteiger partial charge is 0.494 e. The molecule has 1 fully saturated rings. The fourth-order valence-electron chi connectivity index (χ4n) is 2.62. The van der Waals surface area contributed by atoms with Crippen LogP contribution in [0.2, 0.25) is 0 Å². The van der Waals surface area contributed by atoms with Crippen LogP contribution in [0.4, 0.5) is 13.2 Å². The van der Waals surface area contributed by atoms with E-state index < -0.39 is 43.0 Å². The van der Waals surface area contributed by atoms with Gasteiger partial charge in [-0.25, -0.2) is 0 Å². The standard InChI is InChI=1S/C15H16F3NO4.ClH/c1-2-23-10-5-3-4-9(6-10)13(20)19-7-11(14(21)22)12(8-19)15(16,17)18;/h3-6,11-12H,2,7-8H2,1H3,(H,21,22);1H/t11-,12-;/m1./s1. The van der Waals surface area contributed by atoms with Gasteiger partial charge >= 0.3 is 12.1 Å². The van der Waals surface area contributed by atoms with Gasteiger partial charge in [0, 0.05) is 18.7 Å². The maximum absolute atomic E-state index is 13.0. The molecule has 0 bridgehead atoms. The van der Waals surface area contributed by atoms with E-state index in [9.17, 15) is 22.8 Å². The number of carboxylic acid groups (broad SMARTS) is 1. The molecular weight excluding hydrogens is 351 g/mol. The van der Waals surface area contributed by atoms with E-state index in [-0.39, 0.29) is 18.0 Å². The Morgan fingerprint density at radius 3 is 2.50 bits per heavy atom. The number of amides is 1. The molecule has 1 amide bonds. The highest BCUT2D eigenvalue weighted by atomic mass is 35.5. The minimum atomic E-state index is -4.66. The van der Waals surface area contributed by atoms with Crippen molar-refractivity contribution in [2.75, 3.05) is 19.7 Å². The number of aliphatic carboxylic acids is 1. The molecule has 1 aromatic rings. The predicted octanol–water partition coefficient (Wildman–Crippen LogP) is 2.84. The van der Waals surface area contributed by atoms with Crippen LogP contribution in [0.1, 0.15) is 17.3 Å². The Kier molecular flexibility index (Phi) is 6.48. The second kappa shape index (κ2) is 7.74. The number of alkyl halides is 3. The third-order valence-corrected chi connectivity index (χ3v) is 3.74. The van der Waals surface area contributed by atoms with E-state index in [1.807, 2.05) is 0 Å². The Morgan fingerprint density at radius 1 is 1.33 bits per heavy atom. The molecule has 24 heavy (non-hydrogen) atoms. The minimum absolute atomic E-state index is 0. The van der Waals surface area contributed by atoms with Crippen LogP contribution in [-0.2, 0) is 4.79 Å². The quantitative estimate of drug-likeness (QED) is 0.888. The van der Waals surface area contributed by atoms with Crippen LogP contribution in [0.15, 0.2) is 24.3 Å². The molecule has 1 aliphatic heterocycles. The van der Waals surface area contributed by atoms with Crippen molar-refractivity contribution in [1.29, 1.82) is 0 Å². The molecule has 0 spiro atoms. The van der Waals surface area contributed by atoms with Crippen LogP contribution < -0.4 is 4.74 Å². The summed E-state index contributed by atoms with van der Waals surface area (Å²) in [7, 11) is 0. The Labute approximate surface area is 142 Å². The maximum Gasteiger partial charge on any atom is 0.394 e. The summed E-state index contributed by atoms with van der Waals surface area (Å²) in [6.45, 7) is 1.04. The maximum atomic E-state index is 13.0. The van der Waals surface area contributed by atoms with Crippen LogP contribution in [0.5, 0.6) is 5.75 Å². The zero-order valence-corrected chi connectivity index (χ0v) is 13.6. The monoisotopic (exact) mass is 367 g/mol. The Hall–Kier alpha value is -1.96. The van der Waals surface area contributed by atoms with Gasteiger partial charge in [-0.05, 0) is 25.1 Å². The molecule has 0 saturated carbocycles. The number of carboxylic acids is 1. The smallest absolute Gasteiger partial charge is 0.394 e. The molecule has 9 heteroatoms. The van der Waals surface area contributed by atoms with Crippen LogP contribution in [-0.4, -0.2) is 47.8 Å². The zero-order chi connectivity index (χ0) is 17.2. The third kappa shape index (κ3) is 4.31. The summed E-state index contributed by atoms with van der Waals surface area (Å²) < 4.78 is 44.1. The number of nitrogens with zero attached hydrogens (tertiary/aromatic N) is 1. The van der Waals surface area contributed by atoms with Gasteiger partial charge in [0.1, 0.15) is 5.75 Å². The highest BCUT2D eigenvalue weighted by Crippen LogP contribution is 2.38. The average molecular weight is 368 g/mol. The van der Waals surface area contributed by atoms with Crippen LogP contribution >= 0.6 is 12.4 Å². The second-order valence-corrected chi connectivity index (χ2v) is 5.26. The van der Waals surface area contributed by atoms with Gasteiger partial charge < -0.3 is 14.7 Å². The van der Waals surface area contributed by atoms with Crippen LogP contribution in [0.25, 0.3) is 0 Å². The van der Waals surface area contributed by atoms with Crippen LogP contribution in [0.3, 0.4) is 0 Å². The van der Waals surface area contributed by atoms with Gasteiger partial charge in [0.15, 0.2) is 0 Å². The van der Waals surface area contributed by atoms with Crippen molar-refractivity contribution in [1.82, 2.24) is 4.90 Å². The lowest BCUT2D eigenvalue weighted by Gasteiger charge is -2.18. The topological polar surface area (TPSA) is 66.8 Å². The first-order valence-corrected chi connectivity index (χ1v) is 7.05. The fourth-order valence-corrected chi connectivity index (χ4v) is 2.62. The van der Waals surface area contributed by atoms with E-state index in [2.05, 4.69) is 0 Å². The average Bonchev–Trinajstić information content (AvgIpc) is 2.92. The van der Waals surface area contributed by atoms with Crippen molar-refractivity contribution in [3.05, 3.63) is 29.8 Å². The molecule has 0 unspecified atom stereocenters. The number of carbonyl (C=O) groups is 2.